The van der Waals surface area contributed by atoms with Gasteiger partial charge in [-0.2, -0.15) is 0 Å². The van der Waals surface area contributed by atoms with Crippen molar-refractivity contribution in [1.82, 2.24) is 16.0 Å². The first kappa shape index (κ1) is 21.7. The molecule has 1 unspecified atom stereocenters. The number of guanidine groups is 1. The summed E-state index contributed by atoms with van der Waals surface area (Å²) < 4.78 is 0. The highest BCUT2D eigenvalue weighted by molar-refractivity contribution is 14.0. The van der Waals surface area contributed by atoms with Crippen LogP contribution in [0.4, 0.5) is 0 Å². The fourth-order valence-corrected chi connectivity index (χ4v) is 3.02. The van der Waals surface area contributed by atoms with Crippen LogP contribution in [-0.2, 0) is 4.79 Å². The Balaban J connectivity index is 0.00000312. The van der Waals surface area contributed by atoms with Gasteiger partial charge in [-0.1, -0.05) is 49.6 Å². The molecule has 0 radical (unpaired) electrons. The van der Waals surface area contributed by atoms with Crippen molar-refractivity contribution in [2.75, 3.05) is 13.1 Å². The largest absolute Gasteiger partial charge is 0.357 e. The average Bonchev–Trinajstić information content (AvgIpc) is 2.61. The predicted octanol–water partition coefficient (Wildman–Crippen LogP) is 3.37. The van der Waals surface area contributed by atoms with Gasteiger partial charge in [0.05, 0.1) is 6.04 Å². The van der Waals surface area contributed by atoms with Gasteiger partial charge in [-0.15, -0.1) is 24.0 Å². The zero-order valence-corrected chi connectivity index (χ0v) is 17.6. The molecule has 6 heteroatoms. The van der Waals surface area contributed by atoms with E-state index in [1.165, 1.54) is 24.8 Å². The Labute approximate surface area is 168 Å². The smallest absolute Gasteiger partial charge is 0.242 e. The molecular weight excluding hydrogens is 427 g/mol. The Bertz CT molecular complexity index is 529. The highest BCUT2D eigenvalue weighted by atomic mass is 127. The average molecular weight is 458 g/mol. The lowest BCUT2D eigenvalue weighted by molar-refractivity contribution is -0.120. The number of carbonyl (C=O) groups excluding carboxylic acids is 1. The van der Waals surface area contributed by atoms with E-state index in [0.29, 0.717) is 12.0 Å². The molecule has 1 aromatic carbocycles. The van der Waals surface area contributed by atoms with Crippen molar-refractivity contribution in [3.8, 4) is 0 Å². The third kappa shape index (κ3) is 8.07. The zero-order valence-electron chi connectivity index (χ0n) is 15.3. The van der Waals surface area contributed by atoms with Gasteiger partial charge in [-0.05, 0) is 32.3 Å². The SMILES string of the molecule is CCNC(=NCC(=O)NC1CCCCC1)NC(C)c1ccccc1.I. The lowest BCUT2D eigenvalue weighted by atomic mass is 9.95. The van der Waals surface area contributed by atoms with E-state index in [1.807, 2.05) is 25.1 Å². The van der Waals surface area contributed by atoms with E-state index in [9.17, 15) is 4.79 Å². The predicted molar refractivity (Wildman–Crippen MR) is 114 cm³/mol. The summed E-state index contributed by atoms with van der Waals surface area (Å²) in [5.74, 6) is 0.680. The summed E-state index contributed by atoms with van der Waals surface area (Å²) in [7, 11) is 0. The van der Waals surface area contributed by atoms with Crippen molar-refractivity contribution in [3.05, 3.63) is 35.9 Å². The zero-order chi connectivity index (χ0) is 17.2. The van der Waals surface area contributed by atoms with Crippen LogP contribution in [0.5, 0.6) is 0 Å². The second-order valence-corrected chi connectivity index (χ2v) is 6.37. The van der Waals surface area contributed by atoms with Gasteiger partial charge in [0.15, 0.2) is 5.96 Å². The van der Waals surface area contributed by atoms with Crippen LogP contribution in [0.25, 0.3) is 0 Å². The van der Waals surface area contributed by atoms with Crippen LogP contribution in [0.1, 0.15) is 57.6 Å². The minimum absolute atomic E-state index is 0. The molecule has 0 heterocycles. The Hall–Kier alpha value is -1.31. The first-order valence-corrected chi connectivity index (χ1v) is 9.08. The number of nitrogens with one attached hydrogen (secondary N) is 3. The maximum Gasteiger partial charge on any atom is 0.242 e. The quantitative estimate of drug-likeness (QED) is 0.348. The lowest BCUT2D eigenvalue weighted by Gasteiger charge is -2.22. The highest BCUT2D eigenvalue weighted by Crippen LogP contribution is 2.17. The number of hydrogen-bond acceptors (Lipinski definition) is 2. The van der Waals surface area contributed by atoms with Crippen molar-refractivity contribution >= 4 is 35.8 Å². The van der Waals surface area contributed by atoms with Gasteiger partial charge in [0, 0.05) is 12.6 Å². The molecule has 2 rings (SSSR count). The summed E-state index contributed by atoms with van der Waals surface area (Å²) in [5, 5.41) is 9.65. The topological polar surface area (TPSA) is 65.5 Å². The van der Waals surface area contributed by atoms with Gasteiger partial charge in [0.25, 0.3) is 0 Å². The third-order valence-corrected chi connectivity index (χ3v) is 4.35. The number of rotatable bonds is 6. The van der Waals surface area contributed by atoms with E-state index < -0.39 is 0 Å². The molecule has 1 amide bonds. The summed E-state index contributed by atoms with van der Waals surface area (Å²) in [6, 6.07) is 10.7. The maximum absolute atomic E-state index is 12.1. The van der Waals surface area contributed by atoms with Crippen molar-refractivity contribution in [1.29, 1.82) is 0 Å². The second kappa shape index (κ2) is 12.1. The minimum atomic E-state index is 0. The molecule has 140 valence electrons. The molecule has 25 heavy (non-hydrogen) atoms. The molecule has 0 saturated heterocycles. The van der Waals surface area contributed by atoms with E-state index in [2.05, 4.69) is 40.0 Å². The summed E-state index contributed by atoms with van der Waals surface area (Å²) >= 11 is 0. The number of benzene rings is 1. The number of carbonyl (C=O) groups is 1. The summed E-state index contributed by atoms with van der Waals surface area (Å²) in [6.07, 6.45) is 5.91. The van der Waals surface area contributed by atoms with Gasteiger partial charge >= 0.3 is 0 Å². The highest BCUT2D eigenvalue weighted by Gasteiger charge is 2.15. The van der Waals surface area contributed by atoms with Crippen molar-refractivity contribution in [2.45, 2.75) is 58.0 Å². The Morgan fingerprint density at radius 2 is 1.88 bits per heavy atom. The van der Waals surface area contributed by atoms with Crippen LogP contribution in [-0.4, -0.2) is 31.0 Å². The molecule has 1 aliphatic carbocycles. The maximum atomic E-state index is 12.1. The number of nitrogens with zero attached hydrogens (tertiary/aromatic N) is 1. The van der Waals surface area contributed by atoms with Crippen LogP contribution in [0, 0.1) is 0 Å². The Morgan fingerprint density at radius 3 is 2.52 bits per heavy atom. The standard InChI is InChI=1S/C19H30N4O.HI/c1-3-20-19(22-15(2)16-10-6-4-7-11-16)21-14-18(24)23-17-12-8-5-9-13-17;/h4,6-7,10-11,15,17H,3,5,8-9,12-14H2,1-2H3,(H,23,24)(H2,20,21,22);1H. The van der Waals surface area contributed by atoms with Gasteiger partial charge in [-0.3, -0.25) is 4.79 Å². The van der Waals surface area contributed by atoms with Crippen LogP contribution in [0.15, 0.2) is 35.3 Å². The number of halogens is 1. The molecular formula is C19H31IN4O. The molecule has 1 aromatic rings. The Kier molecular flexibility index (Phi) is 10.5. The molecule has 0 bridgehead atoms. The molecule has 3 N–H and O–H groups in total. The van der Waals surface area contributed by atoms with E-state index in [-0.39, 0.29) is 42.5 Å². The van der Waals surface area contributed by atoms with E-state index in [4.69, 9.17) is 0 Å². The van der Waals surface area contributed by atoms with Crippen LogP contribution in [0.2, 0.25) is 0 Å². The summed E-state index contributed by atoms with van der Waals surface area (Å²) in [5.41, 5.74) is 1.19. The fourth-order valence-electron chi connectivity index (χ4n) is 3.02. The first-order valence-electron chi connectivity index (χ1n) is 9.08. The van der Waals surface area contributed by atoms with Crippen molar-refractivity contribution in [2.24, 2.45) is 4.99 Å². The van der Waals surface area contributed by atoms with Gasteiger partial charge in [0.2, 0.25) is 5.91 Å². The summed E-state index contributed by atoms with van der Waals surface area (Å²) in [6.45, 7) is 5.03. The van der Waals surface area contributed by atoms with Crippen LogP contribution in [0.3, 0.4) is 0 Å². The molecule has 1 aliphatic rings. The molecule has 1 saturated carbocycles. The van der Waals surface area contributed by atoms with E-state index in [0.717, 1.165) is 19.4 Å². The molecule has 0 aromatic heterocycles. The molecule has 0 spiro atoms. The van der Waals surface area contributed by atoms with Gasteiger partial charge < -0.3 is 16.0 Å². The van der Waals surface area contributed by atoms with Gasteiger partial charge in [-0.25, -0.2) is 4.99 Å². The Morgan fingerprint density at radius 1 is 1.20 bits per heavy atom. The van der Waals surface area contributed by atoms with E-state index in [1.54, 1.807) is 0 Å². The van der Waals surface area contributed by atoms with Crippen molar-refractivity contribution < 1.29 is 4.79 Å². The normalized spacial score (nSPS) is 16.5. The molecule has 1 atom stereocenters. The van der Waals surface area contributed by atoms with E-state index >= 15 is 0 Å². The minimum Gasteiger partial charge on any atom is -0.357 e. The third-order valence-electron chi connectivity index (χ3n) is 4.35. The molecule has 1 fully saturated rings. The van der Waals surface area contributed by atoms with Gasteiger partial charge in [0.1, 0.15) is 6.54 Å². The van der Waals surface area contributed by atoms with Crippen LogP contribution >= 0.6 is 24.0 Å². The lowest BCUT2D eigenvalue weighted by Crippen LogP contribution is -2.41. The number of hydrogen-bond donors (Lipinski definition) is 3. The molecule has 5 nitrogen and oxygen atoms in total. The summed E-state index contributed by atoms with van der Waals surface area (Å²) in [4.78, 5) is 16.5. The van der Waals surface area contributed by atoms with Crippen LogP contribution < -0.4 is 16.0 Å². The molecule has 0 aliphatic heterocycles. The number of aliphatic imine (C=N–C) groups is 1. The first-order chi connectivity index (χ1) is 11.7. The van der Waals surface area contributed by atoms with Crippen molar-refractivity contribution in [3.63, 3.8) is 0 Å². The monoisotopic (exact) mass is 458 g/mol. The number of amides is 1. The second-order valence-electron chi connectivity index (χ2n) is 6.37. The fraction of sp³-hybridized carbons (Fsp3) is 0.579.